The summed E-state index contributed by atoms with van der Waals surface area (Å²) in [6.45, 7) is 4.63. The summed E-state index contributed by atoms with van der Waals surface area (Å²) in [6.07, 6.45) is 6.41. The Morgan fingerprint density at radius 1 is 1.40 bits per heavy atom. The Balaban J connectivity index is 2.35. The fraction of sp³-hybridized carbons (Fsp3) is 0.600. The molecule has 0 radical (unpaired) electrons. The Morgan fingerprint density at radius 2 is 2.20 bits per heavy atom. The fourth-order valence-corrected chi connectivity index (χ4v) is 1.86. The third-order valence-electron chi connectivity index (χ3n) is 2.96. The highest BCUT2D eigenvalue weighted by Crippen LogP contribution is 2.41. The number of allylic oxidation sites excluding steroid dienone is 4. The molecule has 54 valence electrons. The van der Waals surface area contributed by atoms with E-state index < -0.39 is 0 Å². The van der Waals surface area contributed by atoms with E-state index in [0.717, 1.165) is 5.92 Å². The molecule has 2 aliphatic carbocycles. The van der Waals surface area contributed by atoms with Gasteiger partial charge in [0.15, 0.2) is 0 Å². The first kappa shape index (κ1) is 6.21. The molecule has 0 nitrogen and oxygen atoms in total. The average molecular weight is 134 g/mol. The van der Waals surface area contributed by atoms with Crippen LogP contribution in [-0.4, -0.2) is 0 Å². The van der Waals surface area contributed by atoms with Crippen LogP contribution in [0.25, 0.3) is 0 Å². The standard InChI is InChI=1S/C10H14/c1-7-3-4-9-5-6-10(9)8(7)2/h4,7H,3,5-6H2,1-2H3. The van der Waals surface area contributed by atoms with Crippen LogP contribution in [0.2, 0.25) is 0 Å². The minimum absolute atomic E-state index is 0.819. The van der Waals surface area contributed by atoms with Crippen LogP contribution >= 0.6 is 0 Å². The predicted molar refractivity (Wildman–Crippen MR) is 43.8 cm³/mol. The van der Waals surface area contributed by atoms with E-state index in [0.29, 0.717) is 0 Å². The smallest absolute Gasteiger partial charge is 0.0194 e. The van der Waals surface area contributed by atoms with E-state index in [1.807, 2.05) is 0 Å². The molecular formula is C10H14. The fourth-order valence-electron chi connectivity index (χ4n) is 1.86. The molecule has 0 aromatic rings. The molecule has 0 spiro atoms. The lowest BCUT2D eigenvalue weighted by Gasteiger charge is -2.31. The van der Waals surface area contributed by atoms with Gasteiger partial charge >= 0.3 is 0 Å². The Labute approximate surface area is 62.6 Å². The zero-order chi connectivity index (χ0) is 7.14. The molecule has 0 aliphatic heterocycles. The minimum atomic E-state index is 0.819. The van der Waals surface area contributed by atoms with E-state index in [2.05, 4.69) is 19.9 Å². The van der Waals surface area contributed by atoms with Gasteiger partial charge in [-0.15, -0.1) is 0 Å². The second-order valence-corrected chi connectivity index (χ2v) is 3.53. The molecule has 1 saturated carbocycles. The van der Waals surface area contributed by atoms with E-state index in [1.165, 1.54) is 19.3 Å². The van der Waals surface area contributed by atoms with Crippen molar-refractivity contribution >= 4 is 0 Å². The van der Waals surface area contributed by atoms with Gasteiger partial charge in [0.1, 0.15) is 0 Å². The van der Waals surface area contributed by atoms with Gasteiger partial charge in [-0.2, -0.15) is 0 Å². The molecule has 0 heterocycles. The van der Waals surface area contributed by atoms with Gasteiger partial charge in [-0.1, -0.05) is 18.6 Å². The van der Waals surface area contributed by atoms with Crippen LogP contribution in [-0.2, 0) is 0 Å². The van der Waals surface area contributed by atoms with Crippen LogP contribution in [0, 0.1) is 5.92 Å². The van der Waals surface area contributed by atoms with Gasteiger partial charge in [-0.3, -0.25) is 0 Å². The lowest BCUT2D eigenvalue weighted by atomic mass is 9.74. The highest BCUT2D eigenvalue weighted by molar-refractivity contribution is 5.45. The zero-order valence-electron chi connectivity index (χ0n) is 6.78. The van der Waals surface area contributed by atoms with E-state index >= 15 is 0 Å². The molecule has 0 aromatic heterocycles. The normalized spacial score (nSPS) is 31.0. The van der Waals surface area contributed by atoms with E-state index in [-0.39, 0.29) is 0 Å². The molecule has 2 aliphatic rings. The first-order chi connectivity index (χ1) is 4.79. The van der Waals surface area contributed by atoms with Crippen LogP contribution in [0.5, 0.6) is 0 Å². The highest BCUT2D eigenvalue weighted by Gasteiger charge is 2.24. The Morgan fingerprint density at radius 3 is 2.70 bits per heavy atom. The molecule has 10 heavy (non-hydrogen) atoms. The van der Waals surface area contributed by atoms with E-state index in [9.17, 15) is 0 Å². The van der Waals surface area contributed by atoms with Crippen molar-refractivity contribution < 1.29 is 0 Å². The minimum Gasteiger partial charge on any atom is -0.0804 e. The van der Waals surface area contributed by atoms with E-state index in [1.54, 1.807) is 16.7 Å². The molecular weight excluding hydrogens is 120 g/mol. The molecule has 1 unspecified atom stereocenters. The number of hydrogen-bond donors (Lipinski definition) is 0. The van der Waals surface area contributed by atoms with Gasteiger partial charge in [0.25, 0.3) is 0 Å². The maximum absolute atomic E-state index is 2.43. The van der Waals surface area contributed by atoms with Crippen LogP contribution in [0.1, 0.15) is 33.1 Å². The molecule has 0 amide bonds. The number of hydrogen-bond acceptors (Lipinski definition) is 0. The molecule has 2 rings (SSSR count). The first-order valence-electron chi connectivity index (χ1n) is 4.18. The third kappa shape index (κ3) is 0.681. The van der Waals surface area contributed by atoms with Crippen LogP contribution in [0.3, 0.4) is 0 Å². The summed E-state index contributed by atoms with van der Waals surface area (Å²) in [6, 6.07) is 0. The van der Waals surface area contributed by atoms with Crippen molar-refractivity contribution in [3.05, 3.63) is 22.8 Å². The van der Waals surface area contributed by atoms with Crippen molar-refractivity contribution in [1.29, 1.82) is 0 Å². The summed E-state index contributed by atoms with van der Waals surface area (Å²) in [5.74, 6) is 0.819. The van der Waals surface area contributed by atoms with Crippen molar-refractivity contribution in [2.75, 3.05) is 0 Å². The van der Waals surface area contributed by atoms with Gasteiger partial charge in [-0.25, -0.2) is 0 Å². The monoisotopic (exact) mass is 134 g/mol. The van der Waals surface area contributed by atoms with Crippen molar-refractivity contribution in [2.24, 2.45) is 5.92 Å². The van der Waals surface area contributed by atoms with Crippen LogP contribution in [0.15, 0.2) is 22.8 Å². The van der Waals surface area contributed by atoms with Crippen molar-refractivity contribution in [3.8, 4) is 0 Å². The SMILES string of the molecule is CC1=C2CCC2=CCC1C. The lowest BCUT2D eigenvalue weighted by Crippen LogP contribution is -2.14. The Bertz CT molecular complexity index is 218. The third-order valence-corrected chi connectivity index (χ3v) is 2.96. The summed E-state index contributed by atoms with van der Waals surface area (Å²) in [5.41, 5.74) is 4.98. The van der Waals surface area contributed by atoms with Crippen molar-refractivity contribution in [3.63, 3.8) is 0 Å². The summed E-state index contributed by atoms with van der Waals surface area (Å²) >= 11 is 0. The van der Waals surface area contributed by atoms with Gasteiger partial charge in [-0.05, 0) is 43.3 Å². The maximum Gasteiger partial charge on any atom is -0.0194 e. The molecule has 0 N–H and O–H groups in total. The van der Waals surface area contributed by atoms with Crippen molar-refractivity contribution in [2.45, 2.75) is 33.1 Å². The number of fused-ring (bicyclic) bond motifs is 1. The van der Waals surface area contributed by atoms with E-state index in [4.69, 9.17) is 0 Å². The molecule has 0 heteroatoms. The largest absolute Gasteiger partial charge is 0.0804 e. The summed E-state index contributed by atoms with van der Waals surface area (Å²) in [4.78, 5) is 0. The van der Waals surface area contributed by atoms with Gasteiger partial charge in [0.2, 0.25) is 0 Å². The molecule has 0 aromatic carbocycles. The Kier molecular flexibility index (Phi) is 1.23. The molecule has 1 fully saturated rings. The molecule has 1 atom stereocenters. The summed E-state index contributed by atoms with van der Waals surface area (Å²) in [5, 5.41) is 0. The van der Waals surface area contributed by atoms with Crippen molar-refractivity contribution in [1.82, 2.24) is 0 Å². The topological polar surface area (TPSA) is 0 Å². The molecule has 0 bridgehead atoms. The lowest BCUT2D eigenvalue weighted by molar-refractivity contribution is 0.626. The van der Waals surface area contributed by atoms with Gasteiger partial charge < -0.3 is 0 Å². The summed E-state index contributed by atoms with van der Waals surface area (Å²) < 4.78 is 0. The second-order valence-electron chi connectivity index (χ2n) is 3.53. The Hall–Kier alpha value is -0.520. The predicted octanol–water partition coefficient (Wildman–Crippen LogP) is 3.06. The van der Waals surface area contributed by atoms with Gasteiger partial charge in [0.05, 0.1) is 0 Å². The zero-order valence-corrected chi connectivity index (χ0v) is 6.78. The quantitative estimate of drug-likeness (QED) is 0.477. The van der Waals surface area contributed by atoms with Crippen LogP contribution in [0.4, 0.5) is 0 Å². The first-order valence-corrected chi connectivity index (χ1v) is 4.18. The van der Waals surface area contributed by atoms with Crippen LogP contribution < -0.4 is 0 Å². The molecule has 0 saturated heterocycles. The highest BCUT2D eigenvalue weighted by atomic mass is 14.3. The maximum atomic E-state index is 2.43. The summed E-state index contributed by atoms with van der Waals surface area (Å²) in [7, 11) is 0. The second kappa shape index (κ2) is 1.98. The van der Waals surface area contributed by atoms with Gasteiger partial charge in [0, 0.05) is 0 Å². The number of rotatable bonds is 0. The average Bonchev–Trinajstić information content (AvgIpc) is 1.82.